The lowest BCUT2D eigenvalue weighted by Gasteiger charge is -2.25. The highest BCUT2D eigenvalue weighted by Crippen LogP contribution is 2.26. The van der Waals surface area contributed by atoms with Crippen molar-refractivity contribution in [3.63, 3.8) is 0 Å². The van der Waals surface area contributed by atoms with Crippen LogP contribution in [0.5, 0.6) is 0 Å². The average Bonchev–Trinajstić information content (AvgIpc) is 3.33. The van der Waals surface area contributed by atoms with Crippen molar-refractivity contribution in [1.29, 1.82) is 0 Å². The largest absolute Gasteiger partial charge is 0.453 e. The summed E-state index contributed by atoms with van der Waals surface area (Å²) in [4.78, 5) is 32.3. The molecule has 3 aromatic rings. The molecule has 0 saturated carbocycles. The fourth-order valence-electron chi connectivity index (χ4n) is 4.72. The standard InChI is InChI=1S/C24H30N4O5S/c1-5-28-20-10-9-18(34(31,32)27-11-7-6-8-12-27)13-19(20)26-21(28)14-33-24(30)23-15(2)22(17(4)29)16(3)25-23/h9-10,13,25H,5-8,11-12,14H2,1-4H3. The average molecular weight is 487 g/mol. The first-order chi connectivity index (χ1) is 16.1. The molecule has 1 fully saturated rings. The summed E-state index contributed by atoms with van der Waals surface area (Å²) in [6, 6.07) is 4.96. The Morgan fingerprint density at radius 3 is 2.47 bits per heavy atom. The van der Waals surface area contributed by atoms with E-state index in [0.717, 1.165) is 24.8 Å². The summed E-state index contributed by atoms with van der Waals surface area (Å²) in [5.41, 5.74) is 3.24. The highest BCUT2D eigenvalue weighted by Gasteiger charge is 2.27. The van der Waals surface area contributed by atoms with E-state index in [1.807, 2.05) is 11.5 Å². The number of imidazole rings is 1. The van der Waals surface area contributed by atoms with Crippen LogP contribution in [-0.2, 0) is 27.9 Å². The van der Waals surface area contributed by atoms with Crippen molar-refractivity contribution < 1.29 is 22.7 Å². The number of fused-ring (bicyclic) bond motifs is 1. The lowest BCUT2D eigenvalue weighted by atomic mass is 10.1. The van der Waals surface area contributed by atoms with Crippen LogP contribution in [-0.4, -0.2) is 52.1 Å². The van der Waals surface area contributed by atoms with Crippen molar-refractivity contribution in [2.24, 2.45) is 0 Å². The van der Waals surface area contributed by atoms with Crippen molar-refractivity contribution in [1.82, 2.24) is 18.8 Å². The second-order valence-electron chi connectivity index (χ2n) is 8.64. The second kappa shape index (κ2) is 9.34. The first-order valence-electron chi connectivity index (χ1n) is 11.5. The number of nitrogens with one attached hydrogen (secondary N) is 1. The van der Waals surface area contributed by atoms with Crippen LogP contribution in [0.15, 0.2) is 23.1 Å². The SMILES string of the molecule is CCn1c(COC(=O)c2[nH]c(C)c(C(C)=O)c2C)nc2cc(S(=O)(=O)N3CCCCC3)ccc21. The monoisotopic (exact) mass is 486 g/mol. The van der Waals surface area contributed by atoms with Crippen LogP contribution in [0.3, 0.4) is 0 Å². The molecule has 1 saturated heterocycles. The zero-order chi connectivity index (χ0) is 24.6. The number of hydrogen-bond donors (Lipinski definition) is 1. The smallest absolute Gasteiger partial charge is 0.355 e. The first-order valence-corrected chi connectivity index (χ1v) is 13.0. The van der Waals surface area contributed by atoms with Gasteiger partial charge in [-0.3, -0.25) is 4.79 Å². The van der Waals surface area contributed by atoms with Crippen molar-refractivity contribution >= 4 is 32.8 Å². The Morgan fingerprint density at radius 1 is 1.15 bits per heavy atom. The molecule has 2 aromatic heterocycles. The lowest BCUT2D eigenvalue weighted by molar-refractivity contribution is 0.0451. The summed E-state index contributed by atoms with van der Waals surface area (Å²) in [6.07, 6.45) is 2.79. The molecule has 182 valence electrons. The molecular formula is C24H30N4O5S. The number of carbonyl (C=O) groups excluding carboxylic acids is 2. The molecule has 3 heterocycles. The van der Waals surface area contributed by atoms with Crippen LogP contribution < -0.4 is 0 Å². The van der Waals surface area contributed by atoms with E-state index in [9.17, 15) is 18.0 Å². The molecule has 0 unspecified atom stereocenters. The van der Waals surface area contributed by atoms with Gasteiger partial charge < -0.3 is 14.3 Å². The van der Waals surface area contributed by atoms with E-state index in [-0.39, 0.29) is 23.0 Å². The van der Waals surface area contributed by atoms with E-state index in [2.05, 4.69) is 9.97 Å². The van der Waals surface area contributed by atoms with Gasteiger partial charge in [0.2, 0.25) is 10.0 Å². The van der Waals surface area contributed by atoms with Crippen molar-refractivity contribution in [2.45, 2.75) is 65.0 Å². The van der Waals surface area contributed by atoms with Gasteiger partial charge >= 0.3 is 5.97 Å². The number of piperidine rings is 1. The molecule has 1 aromatic carbocycles. The Kier molecular flexibility index (Phi) is 6.64. The van der Waals surface area contributed by atoms with E-state index < -0.39 is 16.0 Å². The lowest BCUT2D eigenvalue weighted by Crippen LogP contribution is -2.35. The molecule has 9 nitrogen and oxygen atoms in total. The fraction of sp³-hybridized carbons (Fsp3) is 0.458. The molecule has 34 heavy (non-hydrogen) atoms. The second-order valence-corrected chi connectivity index (χ2v) is 10.6. The van der Waals surface area contributed by atoms with Crippen molar-refractivity contribution in [2.75, 3.05) is 13.1 Å². The highest BCUT2D eigenvalue weighted by atomic mass is 32.2. The van der Waals surface area contributed by atoms with Crippen LogP contribution in [0.2, 0.25) is 0 Å². The van der Waals surface area contributed by atoms with Gasteiger partial charge in [-0.1, -0.05) is 6.42 Å². The van der Waals surface area contributed by atoms with Crippen LogP contribution in [0.1, 0.15) is 71.0 Å². The number of aryl methyl sites for hydroxylation is 2. The van der Waals surface area contributed by atoms with E-state index in [0.29, 0.717) is 47.8 Å². The molecule has 0 spiro atoms. The number of hydrogen-bond acceptors (Lipinski definition) is 6. The molecule has 10 heteroatoms. The topological polar surface area (TPSA) is 114 Å². The number of esters is 1. The van der Waals surface area contributed by atoms with Crippen LogP contribution >= 0.6 is 0 Å². The number of H-pyrrole nitrogens is 1. The number of benzene rings is 1. The van der Waals surface area contributed by atoms with Gasteiger partial charge in [0.25, 0.3) is 0 Å². The number of carbonyl (C=O) groups is 2. The Bertz CT molecular complexity index is 1360. The summed E-state index contributed by atoms with van der Waals surface area (Å²) in [7, 11) is -3.57. The summed E-state index contributed by atoms with van der Waals surface area (Å²) in [6.45, 7) is 8.43. The third-order valence-electron chi connectivity index (χ3n) is 6.39. The maximum absolute atomic E-state index is 13.1. The fourth-order valence-corrected chi connectivity index (χ4v) is 6.26. The van der Waals surface area contributed by atoms with Gasteiger partial charge in [0.15, 0.2) is 5.78 Å². The molecule has 4 rings (SSSR count). The number of Topliss-reactive ketones (excluding diaryl/α,β-unsaturated/α-hetero) is 1. The Morgan fingerprint density at radius 2 is 1.85 bits per heavy atom. The third kappa shape index (κ3) is 4.27. The number of aromatic nitrogens is 3. The minimum Gasteiger partial charge on any atom is -0.453 e. The van der Waals surface area contributed by atoms with Crippen LogP contribution in [0, 0.1) is 13.8 Å². The molecule has 0 aliphatic carbocycles. The third-order valence-corrected chi connectivity index (χ3v) is 8.29. The van der Waals surface area contributed by atoms with Crippen molar-refractivity contribution in [3.05, 3.63) is 46.5 Å². The van der Waals surface area contributed by atoms with E-state index in [1.54, 1.807) is 32.0 Å². The highest BCUT2D eigenvalue weighted by molar-refractivity contribution is 7.89. The Balaban J connectivity index is 1.59. The van der Waals surface area contributed by atoms with Gasteiger partial charge in [-0.15, -0.1) is 0 Å². The number of sulfonamides is 1. The number of rotatable bonds is 7. The van der Waals surface area contributed by atoms with Gasteiger partial charge in [-0.05, 0) is 64.3 Å². The Hall–Kier alpha value is -2.98. The van der Waals surface area contributed by atoms with E-state index in [4.69, 9.17) is 4.74 Å². The molecule has 0 bridgehead atoms. The molecule has 1 N–H and O–H groups in total. The minimum absolute atomic E-state index is 0.0809. The Labute approximate surface area is 199 Å². The zero-order valence-electron chi connectivity index (χ0n) is 20.0. The van der Waals surface area contributed by atoms with Gasteiger partial charge in [-0.25, -0.2) is 18.2 Å². The van der Waals surface area contributed by atoms with Gasteiger partial charge in [0.1, 0.15) is 18.1 Å². The number of aromatic amines is 1. The normalized spacial score (nSPS) is 15.1. The predicted molar refractivity (Wildman–Crippen MR) is 127 cm³/mol. The van der Waals surface area contributed by atoms with E-state index in [1.165, 1.54) is 11.2 Å². The molecular weight excluding hydrogens is 456 g/mol. The molecule has 0 amide bonds. The zero-order valence-corrected chi connectivity index (χ0v) is 20.8. The molecule has 0 radical (unpaired) electrons. The molecule has 1 aliphatic heterocycles. The van der Waals surface area contributed by atoms with E-state index >= 15 is 0 Å². The first kappa shape index (κ1) is 24.2. The van der Waals surface area contributed by atoms with Gasteiger partial charge in [0.05, 0.1) is 15.9 Å². The predicted octanol–water partition coefficient (Wildman–Crippen LogP) is 3.74. The van der Waals surface area contributed by atoms with Crippen molar-refractivity contribution in [3.8, 4) is 0 Å². The molecule has 0 atom stereocenters. The summed E-state index contributed by atoms with van der Waals surface area (Å²) in [5, 5.41) is 0. The number of ketones is 1. The van der Waals surface area contributed by atoms with Gasteiger partial charge in [-0.2, -0.15) is 4.31 Å². The summed E-state index contributed by atoms with van der Waals surface area (Å²) in [5.74, 6) is -0.171. The summed E-state index contributed by atoms with van der Waals surface area (Å²) < 4.78 is 35.1. The van der Waals surface area contributed by atoms with Crippen LogP contribution in [0.25, 0.3) is 11.0 Å². The number of nitrogens with zero attached hydrogens (tertiary/aromatic N) is 3. The van der Waals surface area contributed by atoms with Gasteiger partial charge in [0, 0.05) is 30.9 Å². The quantitative estimate of drug-likeness (QED) is 0.402. The maximum Gasteiger partial charge on any atom is 0.355 e. The summed E-state index contributed by atoms with van der Waals surface area (Å²) >= 11 is 0. The minimum atomic E-state index is -3.57. The maximum atomic E-state index is 13.1. The number of ether oxygens (including phenoxy) is 1. The molecule has 1 aliphatic rings. The van der Waals surface area contributed by atoms with Crippen LogP contribution in [0.4, 0.5) is 0 Å².